The van der Waals surface area contributed by atoms with Crippen molar-refractivity contribution in [2.75, 3.05) is 13.1 Å². The predicted octanol–water partition coefficient (Wildman–Crippen LogP) is 3.28. The van der Waals surface area contributed by atoms with E-state index in [1.54, 1.807) is 17.0 Å². The van der Waals surface area contributed by atoms with Crippen LogP contribution in [0.4, 0.5) is 0 Å². The Labute approximate surface area is 159 Å². The van der Waals surface area contributed by atoms with Gasteiger partial charge in [-0.05, 0) is 37.1 Å². The fourth-order valence-electron chi connectivity index (χ4n) is 2.66. The van der Waals surface area contributed by atoms with Crippen molar-refractivity contribution in [1.82, 2.24) is 5.32 Å². The second-order valence-electron chi connectivity index (χ2n) is 6.15. The third-order valence-corrected chi connectivity index (χ3v) is 5.05. The van der Waals surface area contributed by atoms with Gasteiger partial charge in [-0.2, -0.15) is 0 Å². The standard InChI is InChI=1S/C20H24Cl2N2O/c1-3-24(4-2)14-16-7-5-15(6-8-16)13-23-20(25)12-17-9-10-18(21)19(22)11-17/h5-11H,3-4,12-14H2,1-2H3,(H,23,25)/p+1. The highest BCUT2D eigenvalue weighted by Gasteiger charge is 2.07. The molecule has 2 N–H and O–H groups in total. The maximum atomic E-state index is 12.1. The second-order valence-corrected chi connectivity index (χ2v) is 6.97. The van der Waals surface area contributed by atoms with E-state index >= 15 is 0 Å². The van der Waals surface area contributed by atoms with E-state index in [1.807, 2.05) is 6.07 Å². The van der Waals surface area contributed by atoms with Crippen molar-refractivity contribution in [3.05, 3.63) is 69.2 Å². The number of hydrogen-bond donors (Lipinski definition) is 2. The molecule has 0 aromatic heterocycles. The van der Waals surface area contributed by atoms with Gasteiger partial charge in [0.25, 0.3) is 0 Å². The molecular formula is C20H25Cl2N2O+. The molecule has 0 radical (unpaired) electrons. The molecule has 0 aliphatic heterocycles. The smallest absolute Gasteiger partial charge is 0.224 e. The van der Waals surface area contributed by atoms with Gasteiger partial charge in [0, 0.05) is 12.1 Å². The lowest BCUT2D eigenvalue weighted by atomic mass is 10.1. The Bertz CT molecular complexity index is 697. The number of amides is 1. The van der Waals surface area contributed by atoms with Gasteiger partial charge in [-0.3, -0.25) is 4.79 Å². The highest BCUT2D eigenvalue weighted by Crippen LogP contribution is 2.22. The first-order valence-corrected chi connectivity index (χ1v) is 9.39. The molecule has 0 spiro atoms. The summed E-state index contributed by atoms with van der Waals surface area (Å²) in [5, 5.41) is 3.91. The molecule has 1 amide bonds. The van der Waals surface area contributed by atoms with E-state index in [4.69, 9.17) is 23.2 Å². The quantitative estimate of drug-likeness (QED) is 0.724. The first kappa shape index (κ1) is 19.8. The number of carbonyl (C=O) groups is 1. The highest BCUT2D eigenvalue weighted by molar-refractivity contribution is 6.42. The summed E-state index contributed by atoms with van der Waals surface area (Å²) >= 11 is 11.9. The molecular weight excluding hydrogens is 355 g/mol. The molecule has 0 bridgehead atoms. The summed E-state index contributed by atoms with van der Waals surface area (Å²) in [5.41, 5.74) is 3.27. The van der Waals surface area contributed by atoms with Crippen LogP contribution in [0.3, 0.4) is 0 Å². The van der Waals surface area contributed by atoms with Gasteiger partial charge in [0.2, 0.25) is 5.91 Å². The van der Waals surface area contributed by atoms with E-state index in [0.717, 1.165) is 30.8 Å². The van der Waals surface area contributed by atoms with E-state index in [2.05, 4.69) is 43.4 Å². The zero-order valence-corrected chi connectivity index (χ0v) is 16.3. The molecule has 0 saturated carbocycles. The molecule has 0 saturated heterocycles. The average molecular weight is 380 g/mol. The number of rotatable bonds is 8. The number of halogens is 2. The van der Waals surface area contributed by atoms with Crippen LogP contribution in [0.5, 0.6) is 0 Å². The molecule has 2 rings (SSSR count). The minimum atomic E-state index is -0.0324. The number of nitrogens with one attached hydrogen (secondary N) is 2. The summed E-state index contributed by atoms with van der Waals surface area (Å²) in [6, 6.07) is 13.7. The zero-order chi connectivity index (χ0) is 18.2. The summed E-state index contributed by atoms with van der Waals surface area (Å²) in [6.45, 7) is 8.23. The van der Waals surface area contributed by atoms with Crippen molar-refractivity contribution in [1.29, 1.82) is 0 Å². The minimum Gasteiger partial charge on any atom is -0.352 e. The van der Waals surface area contributed by atoms with Gasteiger partial charge in [0.15, 0.2) is 0 Å². The van der Waals surface area contributed by atoms with Crippen LogP contribution in [0.15, 0.2) is 42.5 Å². The van der Waals surface area contributed by atoms with Gasteiger partial charge in [0.05, 0.1) is 29.6 Å². The molecule has 0 aliphatic carbocycles. The molecule has 0 aliphatic rings. The zero-order valence-electron chi connectivity index (χ0n) is 14.7. The van der Waals surface area contributed by atoms with Crippen molar-refractivity contribution >= 4 is 29.1 Å². The maximum absolute atomic E-state index is 12.1. The van der Waals surface area contributed by atoms with E-state index in [-0.39, 0.29) is 5.91 Å². The first-order chi connectivity index (χ1) is 12.0. The van der Waals surface area contributed by atoms with Crippen LogP contribution in [0.2, 0.25) is 10.0 Å². The summed E-state index contributed by atoms with van der Waals surface area (Å²) < 4.78 is 0. The first-order valence-electron chi connectivity index (χ1n) is 8.63. The van der Waals surface area contributed by atoms with Crippen molar-refractivity contribution < 1.29 is 9.69 Å². The van der Waals surface area contributed by atoms with Crippen molar-refractivity contribution in [2.45, 2.75) is 33.4 Å². The Morgan fingerprint density at radius 3 is 2.12 bits per heavy atom. The monoisotopic (exact) mass is 379 g/mol. The van der Waals surface area contributed by atoms with Gasteiger partial charge in [-0.1, -0.05) is 53.5 Å². The lowest BCUT2D eigenvalue weighted by Gasteiger charge is -2.15. The Morgan fingerprint density at radius 1 is 0.920 bits per heavy atom. The molecule has 0 heterocycles. The number of carbonyl (C=O) groups excluding carboxylic acids is 1. The maximum Gasteiger partial charge on any atom is 0.224 e. The highest BCUT2D eigenvalue weighted by atomic mass is 35.5. The Morgan fingerprint density at radius 2 is 1.52 bits per heavy atom. The van der Waals surface area contributed by atoms with Gasteiger partial charge >= 0.3 is 0 Å². The SMILES string of the molecule is CC[NH+](CC)Cc1ccc(CNC(=O)Cc2ccc(Cl)c(Cl)c2)cc1. The summed E-state index contributed by atoms with van der Waals surface area (Å²) in [4.78, 5) is 13.6. The van der Waals surface area contributed by atoms with Crippen LogP contribution in [0.25, 0.3) is 0 Å². The fourth-order valence-corrected chi connectivity index (χ4v) is 2.98. The summed E-state index contributed by atoms with van der Waals surface area (Å²) in [7, 11) is 0. The lowest BCUT2D eigenvalue weighted by molar-refractivity contribution is -0.910. The lowest BCUT2D eigenvalue weighted by Crippen LogP contribution is -3.10. The average Bonchev–Trinajstić information content (AvgIpc) is 2.62. The van der Waals surface area contributed by atoms with Crippen LogP contribution in [0, 0.1) is 0 Å². The van der Waals surface area contributed by atoms with Crippen LogP contribution in [0.1, 0.15) is 30.5 Å². The summed E-state index contributed by atoms with van der Waals surface area (Å²) in [5.74, 6) is -0.0324. The van der Waals surface area contributed by atoms with Crippen LogP contribution in [-0.2, 0) is 24.3 Å². The molecule has 3 nitrogen and oxygen atoms in total. The van der Waals surface area contributed by atoms with Crippen molar-refractivity contribution in [2.24, 2.45) is 0 Å². The van der Waals surface area contributed by atoms with E-state index < -0.39 is 0 Å². The van der Waals surface area contributed by atoms with Crippen molar-refractivity contribution in [3.8, 4) is 0 Å². The number of benzene rings is 2. The Balaban J connectivity index is 1.84. The van der Waals surface area contributed by atoms with E-state index in [1.165, 1.54) is 5.56 Å². The molecule has 134 valence electrons. The number of quaternary nitrogens is 1. The minimum absolute atomic E-state index is 0.0324. The molecule has 2 aromatic carbocycles. The Kier molecular flexibility index (Phi) is 7.76. The largest absolute Gasteiger partial charge is 0.352 e. The topological polar surface area (TPSA) is 33.5 Å². The molecule has 5 heteroatoms. The fraction of sp³-hybridized carbons (Fsp3) is 0.350. The van der Waals surface area contributed by atoms with Crippen LogP contribution in [-0.4, -0.2) is 19.0 Å². The van der Waals surface area contributed by atoms with Crippen LogP contribution >= 0.6 is 23.2 Å². The predicted molar refractivity (Wildman–Crippen MR) is 104 cm³/mol. The van der Waals surface area contributed by atoms with Gasteiger partial charge in [-0.15, -0.1) is 0 Å². The third-order valence-electron chi connectivity index (χ3n) is 4.32. The van der Waals surface area contributed by atoms with E-state index in [9.17, 15) is 4.79 Å². The second kappa shape index (κ2) is 9.81. The van der Waals surface area contributed by atoms with E-state index in [0.29, 0.717) is 23.0 Å². The molecule has 0 unspecified atom stereocenters. The molecule has 0 atom stereocenters. The van der Waals surface area contributed by atoms with Gasteiger partial charge in [0.1, 0.15) is 6.54 Å². The summed E-state index contributed by atoms with van der Waals surface area (Å²) in [6.07, 6.45) is 0.292. The molecule has 25 heavy (non-hydrogen) atoms. The Hall–Kier alpha value is -1.55. The van der Waals surface area contributed by atoms with Crippen LogP contribution < -0.4 is 10.2 Å². The van der Waals surface area contributed by atoms with Gasteiger partial charge in [-0.25, -0.2) is 0 Å². The number of hydrogen-bond acceptors (Lipinski definition) is 1. The molecule has 2 aromatic rings. The van der Waals surface area contributed by atoms with Crippen molar-refractivity contribution in [3.63, 3.8) is 0 Å². The van der Waals surface area contributed by atoms with Gasteiger partial charge < -0.3 is 10.2 Å². The normalized spacial score (nSPS) is 10.9. The molecule has 0 fully saturated rings. The third kappa shape index (κ3) is 6.35.